The Hall–Kier alpha value is -3.27. The van der Waals surface area contributed by atoms with Crippen molar-refractivity contribution in [3.63, 3.8) is 0 Å². The van der Waals surface area contributed by atoms with Crippen molar-refractivity contribution in [1.29, 1.82) is 5.26 Å². The van der Waals surface area contributed by atoms with E-state index in [2.05, 4.69) is 11.4 Å². The second-order valence-corrected chi connectivity index (χ2v) is 7.41. The van der Waals surface area contributed by atoms with E-state index in [1.807, 2.05) is 41.8 Å². The highest BCUT2D eigenvalue weighted by Gasteiger charge is 2.34. The lowest BCUT2D eigenvalue weighted by Crippen LogP contribution is -2.45. The highest BCUT2D eigenvalue weighted by molar-refractivity contribution is 5.92. The fourth-order valence-electron chi connectivity index (χ4n) is 3.29. The number of nitrogens with one attached hydrogen (secondary N) is 1. The number of amides is 3. The van der Waals surface area contributed by atoms with Gasteiger partial charge < -0.3 is 19.7 Å². The fourth-order valence-corrected chi connectivity index (χ4v) is 3.29. The van der Waals surface area contributed by atoms with Crippen LogP contribution in [0.4, 0.5) is 10.5 Å². The standard InChI is InChI=1S/C22H27N5O2/c1-3-11-26(22(29)24-18-7-4-6-17(13-18)14-23)16-21(28)27(19-9-10-19)15-20-8-5-12-25(20)2/h4-8,12-13,19H,3,9-11,15-16H2,1-2H3,(H,24,29). The van der Waals surface area contributed by atoms with Crippen LogP contribution in [-0.2, 0) is 18.4 Å². The van der Waals surface area contributed by atoms with Crippen molar-refractivity contribution >= 4 is 17.6 Å². The van der Waals surface area contributed by atoms with E-state index in [9.17, 15) is 9.59 Å². The predicted octanol–water partition coefficient (Wildman–Crippen LogP) is 3.33. The van der Waals surface area contributed by atoms with E-state index in [4.69, 9.17) is 5.26 Å². The molecule has 29 heavy (non-hydrogen) atoms. The zero-order chi connectivity index (χ0) is 20.8. The molecule has 1 heterocycles. The van der Waals surface area contributed by atoms with Crippen LogP contribution in [0.15, 0.2) is 42.6 Å². The summed E-state index contributed by atoms with van der Waals surface area (Å²) in [6.45, 7) is 3.05. The zero-order valence-corrected chi connectivity index (χ0v) is 17.0. The highest BCUT2D eigenvalue weighted by Crippen LogP contribution is 2.28. The van der Waals surface area contributed by atoms with Gasteiger partial charge in [-0.1, -0.05) is 13.0 Å². The Morgan fingerprint density at radius 1 is 1.28 bits per heavy atom. The van der Waals surface area contributed by atoms with E-state index in [0.717, 1.165) is 25.0 Å². The predicted molar refractivity (Wildman–Crippen MR) is 111 cm³/mol. The molecule has 0 aliphatic heterocycles. The fraction of sp³-hybridized carbons (Fsp3) is 0.409. The molecule has 1 aromatic heterocycles. The third-order valence-corrected chi connectivity index (χ3v) is 5.04. The number of urea groups is 1. The van der Waals surface area contributed by atoms with Gasteiger partial charge in [0.05, 0.1) is 18.2 Å². The molecule has 3 rings (SSSR count). The van der Waals surface area contributed by atoms with Gasteiger partial charge in [-0.3, -0.25) is 4.79 Å². The number of benzene rings is 1. The average Bonchev–Trinajstić information content (AvgIpc) is 3.47. The Morgan fingerprint density at radius 3 is 2.69 bits per heavy atom. The van der Waals surface area contributed by atoms with Gasteiger partial charge in [0.25, 0.3) is 0 Å². The Labute approximate surface area is 171 Å². The second kappa shape index (κ2) is 9.28. The molecular formula is C22H27N5O2. The van der Waals surface area contributed by atoms with Crippen LogP contribution in [0, 0.1) is 11.3 Å². The van der Waals surface area contributed by atoms with Gasteiger partial charge in [-0.25, -0.2) is 4.79 Å². The summed E-state index contributed by atoms with van der Waals surface area (Å²) < 4.78 is 2.02. The van der Waals surface area contributed by atoms with E-state index >= 15 is 0 Å². The third kappa shape index (κ3) is 5.38. The maximum atomic E-state index is 13.1. The molecule has 1 saturated carbocycles. The minimum atomic E-state index is -0.329. The molecule has 2 aromatic rings. The Bertz CT molecular complexity index is 910. The summed E-state index contributed by atoms with van der Waals surface area (Å²) in [7, 11) is 1.97. The number of rotatable bonds is 8. The van der Waals surface area contributed by atoms with Crippen LogP contribution in [0.25, 0.3) is 0 Å². The third-order valence-electron chi connectivity index (χ3n) is 5.04. The molecule has 0 unspecified atom stereocenters. The van der Waals surface area contributed by atoms with Crippen molar-refractivity contribution in [3.05, 3.63) is 53.9 Å². The summed E-state index contributed by atoms with van der Waals surface area (Å²) >= 11 is 0. The van der Waals surface area contributed by atoms with E-state index in [0.29, 0.717) is 24.3 Å². The summed E-state index contributed by atoms with van der Waals surface area (Å²) in [5.74, 6) is -0.0388. The van der Waals surface area contributed by atoms with Crippen LogP contribution in [0.5, 0.6) is 0 Å². The number of carbonyl (C=O) groups excluding carboxylic acids is 2. The summed E-state index contributed by atoms with van der Waals surface area (Å²) in [6.07, 6.45) is 4.74. The van der Waals surface area contributed by atoms with Crippen molar-refractivity contribution in [2.75, 3.05) is 18.4 Å². The van der Waals surface area contributed by atoms with Crippen LogP contribution in [0.2, 0.25) is 0 Å². The number of hydrogen-bond donors (Lipinski definition) is 1. The smallest absolute Gasteiger partial charge is 0.322 e. The first-order valence-corrected chi connectivity index (χ1v) is 9.97. The molecule has 0 saturated heterocycles. The molecule has 1 fully saturated rings. The maximum absolute atomic E-state index is 13.1. The van der Waals surface area contributed by atoms with Crippen LogP contribution >= 0.6 is 0 Å². The lowest BCUT2D eigenvalue weighted by Gasteiger charge is -2.28. The lowest BCUT2D eigenvalue weighted by molar-refractivity contribution is -0.133. The molecule has 1 aliphatic rings. The Balaban J connectivity index is 1.67. The number of aryl methyl sites for hydroxylation is 1. The van der Waals surface area contributed by atoms with E-state index in [1.165, 1.54) is 0 Å². The second-order valence-electron chi connectivity index (χ2n) is 7.41. The largest absolute Gasteiger partial charge is 0.353 e. The molecule has 1 aliphatic carbocycles. The van der Waals surface area contributed by atoms with E-state index in [-0.39, 0.29) is 24.5 Å². The van der Waals surface area contributed by atoms with Crippen molar-refractivity contribution < 1.29 is 9.59 Å². The molecular weight excluding hydrogens is 366 g/mol. The van der Waals surface area contributed by atoms with Gasteiger partial charge in [0.1, 0.15) is 6.54 Å². The molecule has 1 aromatic carbocycles. The van der Waals surface area contributed by atoms with Gasteiger partial charge in [0.15, 0.2) is 0 Å². The first kappa shape index (κ1) is 20.5. The van der Waals surface area contributed by atoms with Gasteiger partial charge >= 0.3 is 6.03 Å². The van der Waals surface area contributed by atoms with E-state index < -0.39 is 0 Å². The Morgan fingerprint density at radius 2 is 2.07 bits per heavy atom. The molecule has 3 amide bonds. The number of nitrogens with zero attached hydrogens (tertiary/aromatic N) is 4. The average molecular weight is 393 g/mol. The highest BCUT2D eigenvalue weighted by atomic mass is 16.2. The number of carbonyl (C=O) groups is 2. The van der Waals surface area contributed by atoms with Crippen molar-refractivity contribution in [2.24, 2.45) is 7.05 Å². The number of anilines is 1. The first-order valence-electron chi connectivity index (χ1n) is 9.97. The van der Waals surface area contributed by atoms with Gasteiger partial charge in [-0.15, -0.1) is 0 Å². The van der Waals surface area contributed by atoms with Gasteiger partial charge in [-0.2, -0.15) is 5.26 Å². The number of nitriles is 1. The van der Waals surface area contributed by atoms with Crippen molar-refractivity contribution in [3.8, 4) is 6.07 Å². The molecule has 0 bridgehead atoms. The van der Waals surface area contributed by atoms with Crippen LogP contribution in [0.1, 0.15) is 37.4 Å². The van der Waals surface area contributed by atoms with Crippen molar-refractivity contribution in [1.82, 2.24) is 14.4 Å². The Kier molecular flexibility index (Phi) is 6.55. The van der Waals surface area contributed by atoms with Crippen molar-refractivity contribution in [2.45, 2.75) is 38.8 Å². The van der Waals surface area contributed by atoms with E-state index in [1.54, 1.807) is 29.2 Å². The van der Waals surface area contributed by atoms with Gasteiger partial charge in [0.2, 0.25) is 5.91 Å². The molecule has 1 N–H and O–H groups in total. The zero-order valence-electron chi connectivity index (χ0n) is 17.0. The summed E-state index contributed by atoms with van der Waals surface area (Å²) in [6, 6.07) is 12.7. The quantitative estimate of drug-likeness (QED) is 0.747. The monoisotopic (exact) mass is 393 g/mol. The normalized spacial score (nSPS) is 12.9. The topological polar surface area (TPSA) is 81.4 Å². The van der Waals surface area contributed by atoms with Crippen LogP contribution in [0.3, 0.4) is 0 Å². The van der Waals surface area contributed by atoms with Gasteiger partial charge in [0, 0.05) is 37.2 Å². The minimum absolute atomic E-state index is 0.0388. The molecule has 0 radical (unpaired) electrons. The first-order chi connectivity index (χ1) is 14.0. The number of hydrogen-bond acceptors (Lipinski definition) is 3. The molecule has 152 valence electrons. The molecule has 7 heteroatoms. The number of aromatic nitrogens is 1. The summed E-state index contributed by atoms with van der Waals surface area (Å²) in [5.41, 5.74) is 2.10. The SMILES string of the molecule is CCCN(CC(=O)N(Cc1cccn1C)C1CC1)C(=O)Nc1cccc(C#N)c1. The maximum Gasteiger partial charge on any atom is 0.322 e. The lowest BCUT2D eigenvalue weighted by atomic mass is 10.2. The molecule has 0 spiro atoms. The van der Waals surface area contributed by atoms with Crippen LogP contribution in [-0.4, -0.2) is 45.4 Å². The molecule has 0 atom stereocenters. The minimum Gasteiger partial charge on any atom is -0.353 e. The van der Waals surface area contributed by atoms with Crippen LogP contribution < -0.4 is 5.32 Å². The summed E-state index contributed by atoms with van der Waals surface area (Å²) in [5, 5.41) is 11.8. The summed E-state index contributed by atoms with van der Waals surface area (Å²) in [4.78, 5) is 29.3. The molecule has 7 nitrogen and oxygen atoms in total. The van der Waals surface area contributed by atoms with Gasteiger partial charge in [-0.05, 0) is 49.6 Å².